The van der Waals surface area contributed by atoms with Crippen molar-refractivity contribution >= 4 is 20.1 Å². The van der Waals surface area contributed by atoms with Crippen LogP contribution in [0.1, 0.15) is 66.2 Å². The van der Waals surface area contributed by atoms with Crippen LogP contribution >= 0.6 is 7.75 Å². The number of nitrogens with one attached hydrogen (secondary N) is 1. The number of carbonyl (C=O) groups is 2. The fourth-order valence-electron chi connectivity index (χ4n) is 1.73. The molecule has 10 nitrogen and oxygen atoms in total. The maximum atomic E-state index is 12.3. The number of hydrogen-bond donors (Lipinski definition) is 0. The van der Waals surface area contributed by atoms with Crippen LogP contribution < -0.4 is 5.50 Å². The lowest BCUT2D eigenvalue weighted by Crippen LogP contribution is -2.25. The highest BCUT2D eigenvalue weighted by atomic mass is 31.2. The van der Waals surface area contributed by atoms with Crippen molar-refractivity contribution in [3.05, 3.63) is 0 Å². The van der Waals surface area contributed by atoms with Crippen molar-refractivity contribution in [2.24, 2.45) is 0 Å². The Kier molecular flexibility index (Phi) is 13.9. The van der Waals surface area contributed by atoms with E-state index in [9.17, 15) is 14.2 Å². The molecule has 0 aromatic carbocycles. The molecule has 1 radical (unpaired) electrons. The van der Waals surface area contributed by atoms with Gasteiger partial charge in [-0.05, 0) is 12.8 Å². The van der Waals surface area contributed by atoms with E-state index in [0.29, 0.717) is 25.7 Å². The van der Waals surface area contributed by atoms with E-state index >= 15 is 0 Å². The molecule has 0 aliphatic heterocycles. The highest BCUT2D eigenvalue weighted by Gasteiger charge is 2.32. The Morgan fingerprint density at radius 2 is 1.15 bits per heavy atom. The Morgan fingerprint density at radius 3 is 1.44 bits per heavy atom. The summed E-state index contributed by atoms with van der Waals surface area (Å²) in [5, 5.41) is 0. The molecule has 0 aromatic rings. The van der Waals surface area contributed by atoms with Gasteiger partial charge < -0.3 is 18.9 Å². The van der Waals surface area contributed by atoms with Crippen molar-refractivity contribution in [1.82, 2.24) is 5.50 Å². The second-order valence-electron chi connectivity index (χ2n) is 5.58. The van der Waals surface area contributed by atoms with Crippen molar-refractivity contribution in [3.8, 4) is 0 Å². The Hall–Kier alpha value is -1.35. The summed E-state index contributed by atoms with van der Waals surface area (Å²) < 4.78 is 41.7. The summed E-state index contributed by atoms with van der Waals surface area (Å²) in [6.45, 7) is 7.55. The van der Waals surface area contributed by atoms with Crippen LogP contribution in [0.15, 0.2) is 0 Å². The number of hydrogen-bond acceptors (Lipinski definition) is 9. The minimum Gasteiger partial charge on any atom is -0.434 e. The van der Waals surface area contributed by atoms with Crippen molar-refractivity contribution in [1.29, 1.82) is 0 Å². The molecule has 1 N–H and O–H groups in total. The molecule has 0 amide bonds. The van der Waals surface area contributed by atoms with E-state index < -0.39 is 32.6 Å². The van der Waals surface area contributed by atoms with Crippen molar-refractivity contribution in [2.45, 2.75) is 78.8 Å². The summed E-state index contributed by atoms with van der Waals surface area (Å²) in [5.74, 6) is 0. The Bertz CT molecular complexity index is 437. The smallest absolute Gasteiger partial charge is 0.434 e. The Morgan fingerprint density at radius 1 is 0.778 bits per heavy atom. The van der Waals surface area contributed by atoms with Gasteiger partial charge in [0.1, 0.15) is 0 Å². The van der Waals surface area contributed by atoms with Crippen LogP contribution in [0.25, 0.3) is 0 Å². The predicted molar refractivity (Wildman–Crippen MR) is 95.7 cm³/mol. The molecule has 0 aromatic heterocycles. The summed E-state index contributed by atoms with van der Waals surface area (Å²) in [6, 6.07) is 0. The zero-order valence-corrected chi connectivity index (χ0v) is 17.3. The Balaban J connectivity index is 4.79. The van der Waals surface area contributed by atoms with Gasteiger partial charge in [-0.25, -0.2) is 14.2 Å². The van der Waals surface area contributed by atoms with Gasteiger partial charge in [-0.1, -0.05) is 40.5 Å². The third-order valence-electron chi connectivity index (χ3n) is 2.86. The molecule has 0 rings (SSSR count). The number of ether oxygens (including phenoxy) is 4. The molecule has 0 bridgehead atoms. The average Bonchev–Trinajstić information content (AvgIpc) is 2.57. The molecule has 11 heteroatoms. The first-order valence-electron chi connectivity index (χ1n) is 9.16. The lowest BCUT2D eigenvalue weighted by Gasteiger charge is -2.24. The second kappa shape index (κ2) is 14.7. The van der Waals surface area contributed by atoms with Gasteiger partial charge in [0, 0.05) is 12.8 Å². The van der Waals surface area contributed by atoms with Gasteiger partial charge in [0.2, 0.25) is 12.6 Å². The van der Waals surface area contributed by atoms with Crippen molar-refractivity contribution in [2.75, 3.05) is 13.2 Å². The molecule has 0 aliphatic carbocycles. The molecule has 2 unspecified atom stereocenters. The van der Waals surface area contributed by atoms with Crippen LogP contribution in [0, 0.1) is 0 Å². The second-order valence-corrected chi connectivity index (χ2v) is 6.99. The zero-order valence-electron chi connectivity index (χ0n) is 16.4. The normalized spacial score (nSPS) is 15.3. The molecule has 2 atom stereocenters. The molecular weight excluding hydrogens is 381 g/mol. The van der Waals surface area contributed by atoms with Crippen LogP contribution in [0.2, 0.25) is 0 Å². The maximum Gasteiger partial charge on any atom is 0.510 e. The van der Waals surface area contributed by atoms with Gasteiger partial charge >= 0.3 is 20.1 Å². The van der Waals surface area contributed by atoms with E-state index in [0.717, 1.165) is 0 Å². The minimum atomic E-state index is -4.44. The summed E-state index contributed by atoms with van der Waals surface area (Å²) in [6.07, 6.45) is -1.88. The van der Waals surface area contributed by atoms with Crippen molar-refractivity contribution < 1.29 is 42.1 Å². The molecule has 0 fully saturated rings. The third kappa shape index (κ3) is 13.5. The third-order valence-corrected chi connectivity index (χ3v) is 3.89. The van der Waals surface area contributed by atoms with Gasteiger partial charge in [0.05, 0.1) is 13.2 Å². The lowest BCUT2D eigenvalue weighted by atomic mass is 10.3. The molecule has 0 spiro atoms. The molecule has 0 aliphatic rings. The molecular formula is C16H31NO9P. The SMILES string of the molecule is CCCOC(=O)OC(CCC)OP([NH])(=O)OC(CCC)OC(=O)OCCC. The molecule has 27 heavy (non-hydrogen) atoms. The number of carbonyl (C=O) groups excluding carboxylic acids is 2. The van der Waals surface area contributed by atoms with Crippen LogP contribution in [0.5, 0.6) is 0 Å². The average molecular weight is 412 g/mol. The van der Waals surface area contributed by atoms with E-state index in [1.54, 1.807) is 13.8 Å². The van der Waals surface area contributed by atoms with Gasteiger partial charge in [-0.15, -0.1) is 5.50 Å². The number of rotatable bonds is 14. The summed E-state index contributed by atoms with van der Waals surface area (Å²) >= 11 is 0. The monoisotopic (exact) mass is 412 g/mol. The molecule has 0 saturated heterocycles. The summed E-state index contributed by atoms with van der Waals surface area (Å²) in [5.41, 5.74) is 7.76. The first-order chi connectivity index (χ1) is 12.8. The molecule has 0 saturated carbocycles. The van der Waals surface area contributed by atoms with Crippen LogP contribution in [0.3, 0.4) is 0 Å². The maximum absolute atomic E-state index is 12.3. The van der Waals surface area contributed by atoms with Gasteiger partial charge in [0.15, 0.2) is 0 Å². The standard InChI is InChI=1S/C16H31NO9P/c1-5-9-13(23-15(18)21-11-7-3)25-27(17,20)26-14(10-6-2)24-16(19)22-12-8-4/h13-14,17H,5-12H2,1-4H3. The van der Waals surface area contributed by atoms with E-state index in [4.69, 9.17) is 33.5 Å². The fraction of sp³-hybridized carbons (Fsp3) is 0.875. The highest BCUT2D eigenvalue weighted by molar-refractivity contribution is 7.50. The lowest BCUT2D eigenvalue weighted by molar-refractivity contribution is -0.102. The predicted octanol–water partition coefficient (Wildman–Crippen LogP) is 4.79. The molecule has 0 heterocycles. The minimum absolute atomic E-state index is 0.166. The quantitative estimate of drug-likeness (QED) is 0.224. The van der Waals surface area contributed by atoms with Gasteiger partial charge in [0.25, 0.3) is 0 Å². The topological polar surface area (TPSA) is 130 Å². The Labute approximate surface area is 160 Å². The van der Waals surface area contributed by atoms with E-state index in [1.165, 1.54) is 0 Å². The summed E-state index contributed by atoms with van der Waals surface area (Å²) in [7, 11) is -4.44. The first-order valence-corrected chi connectivity index (χ1v) is 10.7. The van der Waals surface area contributed by atoms with E-state index in [2.05, 4.69) is 0 Å². The van der Waals surface area contributed by atoms with E-state index in [-0.39, 0.29) is 26.1 Å². The van der Waals surface area contributed by atoms with Crippen molar-refractivity contribution in [3.63, 3.8) is 0 Å². The van der Waals surface area contributed by atoms with Gasteiger partial charge in [-0.3, -0.25) is 9.05 Å². The largest absolute Gasteiger partial charge is 0.510 e. The van der Waals surface area contributed by atoms with Crippen LogP contribution in [-0.4, -0.2) is 38.1 Å². The zero-order chi connectivity index (χ0) is 20.7. The molecule has 159 valence electrons. The van der Waals surface area contributed by atoms with Gasteiger partial charge in [-0.2, -0.15) is 0 Å². The summed E-state index contributed by atoms with van der Waals surface area (Å²) in [4.78, 5) is 23.1. The fourth-order valence-corrected chi connectivity index (χ4v) is 2.69. The first kappa shape index (κ1) is 25.6. The van der Waals surface area contributed by atoms with E-state index in [1.807, 2.05) is 13.8 Å². The highest BCUT2D eigenvalue weighted by Crippen LogP contribution is 2.46. The van der Waals surface area contributed by atoms with Crippen LogP contribution in [0.4, 0.5) is 9.59 Å². The van der Waals surface area contributed by atoms with Crippen LogP contribution in [-0.2, 0) is 32.6 Å².